The maximum atomic E-state index is 13.0. The number of allylic oxidation sites excluding steroid dienone is 1. The summed E-state index contributed by atoms with van der Waals surface area (Å²) in [5.74, 6) is -0.197. The van der Waals surface area contributed by atoms with Crippen molar-refractivity contribution >= 4 is 39.0 Å². The van der Waals surface area contributed by atoms with E-state index in [1.54, 1.807) is 48.3 Å². The van der Waals surface area contributed by atoms with Gasteiger partial charge >= 0.3 is 5.97 Å². The number of nitrogens with one attached hydrogen (secondary N) is 2. The van der Waals surface area contributed by atoms with E-state index in [2.05, 4.69) is 30.8 Å². The minimum absolute atomic E-state index is 0.0668. The van der Waals surface area contributed by atoms with Crippen LogP contribution in [0.15, 0.2) is 64.7 Å². The number of hydrogen-bond acceptors (Lipinski definition) is 5. The Morgan fingerprint density at radius 3 is 2.22 bits per heavy atom. The Balaban J connectivity index is 1.84. The first-order valence-corrected chi connectivity index (χ1v) is 13.8. The smallest absolute Gasteiger partial charge is 0.338 e. The molecule has 9 heteroatoms. The van der Waals surface area contributed by atoms with E-state index in [0.29, 0.717) is 28.7 Å². The van der Waals surface area contributed by atoms with Gasteiger partial charge in [-0.25, -0.2) is 13.2 Å². The number of carbonyl (C=O) groups is 1. The van der Waals surface area contributed by atoms with Crippen LogP contribution in [0.2, 0.25) is 0 Å². The molecule has 0 aliphatic carbocycles. The number of anilines is 1. The van der Waals surface area contributed by atoms with Gasteiger partial charge in [-0.1, -0.05) is 58.9 Å². The highest BCUT2D eigenvalue weighted by Gasteiger charge is 2.33. The number of rotatable bonds is 7. The average molecular weight is 530 g/mol. The van der Waals surface area contributed by atoms with E-state index >= 15 is 0 Å². The van der Waals surface area contributed by atoms with Crippen LogP contribution in [-0.4, -0.2) is 38.1 Å². The molecule has 0 fully saturated rings. The molecule has 36 heavy (non-hydrogen) atoms. The Morgan fingerprint density at radius 1 is 1.11 bits per heavy atom. The van der Waals surface area contributed by atoms with Crippen LogP contribution in [0.25, 0.3) is 0 Å². The van der Waals surface area contributed by atoms with Crippen molar-refractivity contribution in [2.45, 2.75) is 57.9 Å². The molecule has 1 unspecified atom stereocenters. The minimum Gasteiger partial charge on any atom is -0.462 e. The summed E-state index contributed by atoms with van der Waals surface area (Å²) in [6.07, 6.45) is 0. The molecule has 0 radical (unpaired) electrons. The Kier molecular flexibility index (Phi) is 8.15. The van der Waals surface area contributed by atoms with E-state index < -0.39 is 22.0 Å². The van der Waals surface area contributed by atoms with Gasteiger partial charge in [-0.05, 0) is 65.9 Å². The zero-order chi connectivity index (χ0) is 26.8. The van der Waals surface area contributed by atoms with Crippen LogP contribution in [0.4, 0.5) is 5.69 Å². The SMILES string of the molecule is CC1=C(C(=O)OCC(C)C)C(c2ccc(NS(=O)(=O)c3ccc(C(C)(C)C)cc3)cc2)NC(=S)N1C. The Bertz CT molecular complexity index is 1260. The second kappa shape index (κ2) is 10.6. The lowest BCUT2D eigenvalue weighted by Crippen LogP contribution is -2.46. The number of esters is 1. The van der Waals surface area contributed by atoms with Gasteiger partial charge in [0.1, 0.15) is 0 Å². The first-order chi connectivity index (χ1) is 16.7. The molecule has 0 amide bonds. The molecule has 0 aromatic heterocycles. The van der Waals surface area contributed by atoms with Crippen LogP contribution in [0, 0.1) is 5.92 Å². The monoisotopic (exact) mass is 529 g/mol. The molecule has 0 saturated carbocycles. The van der Waals surface area contributed by atoms with Gasteiger partial charge in [0.25, 0.3) is 10.0 Å². The Labute approximate surface area is 220 Å². The van der Waals surface area contributed by atoms with Crippen LogP contribution in [0.3, 0.4) is 0 Å². The largest absolute Gasteiger partial charge is 0.462 e. The van der Waals surface area contributed by atoms with E-state index in [1.165, 1.54) is 0 Å². The van der Waals surface area contributed by atoms with E-state index in [0.717, 1.165) is 11.1 Å². The van der Waals surface area contributed by atoms with Crippen molar-refractivity contribution in [2.75, 3.05) is 18.4 Å². The zero-order valence-corrected chi connectivity index (χ0v) is 23.5. The zero-order valence-electron chi connectivity index (χ0n) is 21.9. The van der Waals surface area contributed by atoms with Crippen molar-refractivity contribution in [3.05, 3.63) is 70.9 Å². The molecule has 1 atom stereocenters. The van der Waals surface area contributed by atoms with Gasteiger partial charge in [-0.2, -0.15) is 0 Å². The molecule has 194 valence electrons. The molecule has 0 spiro atoms. The third-order valence-corrected chi connectivity index (χ3v) is 7.84. The highest BCUT2D eigenvalue weighted by molar-refractivity contribution is 7.92. The molecule has 2 aromatic carbocycles. The molecule has 1 aliphatic heterocycles. The number of carbonyl (C=O) groups excluding carboxylic acids is 1. The van der Waals surface area contributed by atoms with Crippen molar-refractivity contribution in [1.29, 1.82) is 0 Å². The number of sulfonamides is 1. The lowest BCUT2D eigenvalue weighted by Gasteiger charge is -2.35. The first-order valence-electron chi connectivity index (χ1n) is 11.9. The summed E-state index contributed by atoms with van der Waals surface area (Å²) >= 11 is 5.45. The predicted molar refractivity (Wildman–Crippen MR) is 147 cm³/mol. The van der Waals surface area contributed by atoms with Gasteiger partial charge < -0.3 is 15.0 Å². The van der Waals surface area contributed by atoms with Gasteiger partial charge in [0.05, 0.1) is 23.1 Å². The Hall–Kier alpha value is -2.91. The van der Waals surface area contributed by atoms with Crippen molar-refractivity contribution in [2.24, 2.45) is 5.92 Å². The average Bonchev–Trinajstić information content (AvgIpc) is 2.80. The summed E-state index contributed by atoms with van der Waals surface area (Å²) in [6.45, 7) is 12.3. The molecule has 2 N–H and O–H groups in total. The summed E-state index contributed by atoms with van der Waals surface area (Å²) in [5, 5.41) is 3.69. The van der Waals surface area contributed by atoms with Gasteiger partial charge in [0.15, 0.2) is 5.11 Å². The van der Waals surface area contributed by atoms with Gasteiger partial charge in [0, 0.05) is 18.4 Å². The summed E-state index contributed by atoms with van der Waals surface area (Å²) in [7, 11) is -1.96. The van der Waals surface area contributed by atoms with Crippen molar-refractivity contribution in [3.8, 4) is 0 Å². The third-order valence-electron chi connectivity index (χ3n) is 6.05. The highest BCUT2D eigenvalue weighted by Crippen LogP contribution is 2.32. The summed E-state index contributed by atoms with van der Waals surface area (Å²) in [5.41, 5.74) is 3.35. The van der Waals surface area contributed by atoms with Crippen LogP contribution >= 0.6 is 12.2 Å². The van der Waals surface area contributed by atoms with Crippen LogP contribution in [0.1, 0.15) is 58.7 Å². The van der Waals surface area contributed by atoms with Gasteiger partial charge in [0.2, 0.25) is 0 Å². The highest BCUT2D eigenvalue weighted by atomic mass is 32.2. The summed E-state index contributed by atoms with van der Waals surface area (Å²) in [4.78, 5) is 14.9. The molecule has 1 heterocycles. The third kappa shape index (κ3) is 6.25. The second-order valence-corrected chi connectivity index (χ2v) is 12.5. The van der Waals surface area contributed by atoms with Gasteiger partial charge in [-0.3, -0.25) is 4.72 Å². The molecule has 1 aliphatic rings. The van der Waals surface area contributed by atoms with E-state index in [1.807, 2.05) is 32.9 Å². The summed E-state index contributed by atoms with van der Waals surface area (Å²) in [6, 6.07) is 13.3. The molecule has 7 nitrogen and oxygen atoms in total. The van der Waals surface area contributed by atoms with Gasteiger partial charge in [-0.15, -0.1) is 0 Å². The maximum absolute atomic E-state index is 13.0. The number of thiocarbonyl (C=S) groups is 1. The number of hydrogen-bond donors (Lipinski definition) is 2. The standard InChI is InChI=1S/C27H35N3O4S2/c1-17(2)16-34-25(31)23-18(3)30(7)26(35)28-24(23)19-8-12-21(13-9-19)29-36(32,33)22-14-10-20(11-15-22)27(4,5)6/h8-15,17,24,29H,16H2,1-7H3,(H,28,35). The molecular weight excluding hydrogens is 494 g/mol. The summed E-state index contributed by atoms with van der Waals surface area (Å²) < 4.78 is 34.0. The van der Waals surface area contributed by atoms with Crippen molar-refractivity contribution in [1.82, 2.24) is 10.2 Å². The fourth-order valence-corrected chi connectivity index (χ4v) is 5.08. The van der Waals surface area contributed by atoms with Crippen molar-refractivity contribution < 1.29 is 17.9 Å². The van der Waals surface area contributed by atoms with Crippen molar-refractivity contribution in [3.63, 3.8) is 0 Å². The number of ether oxygens (including phenoxy) is 1. The molecule has 0 saturated heterocycles. The van der Waals surface area contributed by atoms with E-state index in [9.17, 15) is 13.2 Å². The first kappa shape index (κ1) is 27.7. The lowest BCUT2D eigenvalue weighted by molar-refractivity contribution is -0.140. The second-order valence-electron chi connectivity index (χ2n) is 10.4. The topological polar surface area (TPSA) is 87.7 Å². The van der Waals surface area contributed by atoms with E-state index in [4.69, 9.17) is 17.0 Å². The minimum atomic E-state index is -3.75. The van der Waals surface area contributed by atoms with E-state index in [-0.39, 0.29) is 16.2 Å². The lowest BCUT2D eigenvalue weighted by atomic mass is 9.87. The molecular formula is C27H35N3O4S2. The number of nitrogens with zero attached hydrogens (tertiary/aromatic N) is 1. The molecule has 2 aromatic rings. The molecule has 0 bridgehead atoms. The Morgan fingerprint density at radius 2 is 1.69 bits per heavy atom. The van der Waals surface area contributed by atoms with Crippen LogP contribution in [-0.2, 0) is 25.0 Å². The fraction of sp³-hybridized carbons (Fsp3) is 0.407. The normalized spacial score (nSPS) is 16.7. The molecule has 3 rings (SSSR count). The quantitative estimate of drug-likeness (QED) is 0.380. The van der Waals surface area contributed by atoms with Crippen LogP contribution < -0.4 is 10.0 Å². The predicted octanol–water partition coefficient (Wildman–Crippen LogP) is 5.12. The number of benzene rings is 2. The maximum Gasteiger partial charge on any atom is 0.338 e. The fourth-order valence-electron chi connectivity index (χ4n) is 3.76. The van der Waals surface area contributed by atoms with Crippen LogP contribution in [0.5, 0.6) is 0 Å².